The molecule has 4 nitrogen and oxygen atoms in total. The molecule has 2 atom stereocenters. The van der Waals surface area contributed by atoms with Crippen LogP contribution in [0.25, 0.3) is 0 Å². The number of piperidine rings is 1. The molecule has 0 aliphatic carbocycles. The van der Waals surface area contributed by atoms with E-state index in [0.717, 1.165) is 12.8 Å². The molecule has 0 bridgehead atoms. The van der Waals surface area contributed by atoms with Gasteiger partial charge in [0.25, 0.3) is 0 Å². The van der Waals surface area contributed by atoms with E-state index in [9.17, 15) is 17.9 Å². The molecule has 0 amide bonds. The molecule has 1 N–H and O–H groups in total. The first-order chi connectivity index (χ1) is 9.79. The molecular weight excluding hydrogens is 361 g/mol. The Kier molecular flexibility index (Phi) is 5.40. The minimum atomic E-state index is -3.21. The van der Waals surface area contributed by atoms with Gasteiger partial charge in [-0.2, -0.15) is 0 Å². The maximum Gasteiger partial charge on any atom is 0.211 e. The fraction of sp³-hybridized carbons (Fsp3) is 0.571. The van der Waals surface area contributed by atoms with Gasteiger partial charge in [0.2, 0.25) is 10.0 Å². The molecule has 1 aliphatic heterocycles. The number of sulfonamides is 1. The molecular formula is C14H19BrFNO3S. The molecule has 0 aromatic heterocycles. The summed E-state index contributed by atoms with van der Waals surface area (Å²) < 4.78 is 39.0. The maximum atomic E-state index is 13.8. The molecule has 21 heavy (non-hydrogen) atoms. The van der Waals surface area contributed by atoms with Crippen LogP contribution in [0.2, 0.25) is 0 Å². The van der Waals surface area contributed by atoms with Crippen molar-refractivity contribution >= 4 is 26.0 Å². The largest absolute Gasteiger partial charge is 0.388 e. The van der Waals surface area contributed by atoms with E-state index < -0.39 is 21.9 Å². The predicted octanol–water partition coefficient (Wildman–Crippen LogP) is 2.68. The molecule has 0 spiro atoms. The van der Waals surface area contributed by atoms with Gasteiger partial charge in [-0.25, -0.2) is 17.1 Å². The molecule has 1 fully saturated rings. The highest BCUT2D eigenvalue weighted by molar-refractivity contribution is 9.10. The number of nitrogens with zero attached hydrogens (tertiary/aromatic N) is 1. The lowest BCUT2D eigenvalue weighted by atomic mass is 9.91. The Hall–Kier alpha value is -0.500. The van der Waals surface area contributed by atoms with E-state index >= 15 is 0 Å². The normalized spacial score (nSPS) is 22.2. The zero-order valence-electron chi connectivity index (χ0n) is 11.8. The Morgan fingerprint density at radius 2 is 2.24 bits per heavy atom. The third kappa shape index (κ3) is 4.25. The highest BCUT2D eigenvalue weighted by atomic mass is 79.9. The van der Waals surface area contributed by atoms with E-state index in [2.05, 4.69) is 15.9 Å². The number of rotatable bonds is 4. The third-order valence-corrected chi connectivity index (χ3v) is 5.80. The molecule has 1 heterocycles. The Morgan fingerprint density at radius 1 is 1.52 bits per heavy atom. The van der Waals surface area contributed by atoms with Crippen molar-refractivity contribution in [3.8, 4) is 0 Å². The second-order valence-corrected chi connectivity index (χ2v) is 8.35. The van der Waals surface area contributed by atoms with Crippen molar-refractivity contribution in [1.82, 2.24) is 4.31 Å². The van der Waals surface area contributed by atoms with Gasteiger partial charge in [0.05, 0.1) is 12.4 Å². The van der Waals surface area contributed by atoms with E-state index in [0.29, 0.717) is 24.0 Å². The van der Waals surface area contributed by atoms with Gasteiger partial charge < -0.3 is 5.11 Å². The third-order valence-electron chi connectivity index (χ3n) is 3.84. The van der Waals surface area contributed by atoms with Crippen molar-refractivity contribution in [3.05, 3.63) is 34.1 Å². The minimum absolute atomic E-state index is 0.0370. The summed E-state index contributed by atoms with van der Waals surface area (Å²) in [7, 11) is -3.21. The van der Waals surface area contributed by atoms with Crippen LogP contribution in [0.15, 0.2) is 22.7 Å². The van der Waals surface area contributed by atoms with Crippen molar-refractivity contribution in [1.29, 1.82) is 0 Å². The molecule has 1 aliphatic rings. The van der Waals surface area contributed by atoms with Crippen LogP contribution in [-0.2, 0) is 10.0 Å². The van der Waals surface area contributed by atoms with Gasteiger partial charge in [-0.3, -0.25) is 0 Å². The van der Waals surface area contributed by atoms with Gasteiger partial charge in [0, 0.05) is 23.1 Å². The summed E-state index contributed by atoms with van der Waals surface area (Å²) in [5.74, 6) is -0.414. The monoisotopic (exact) mass is 379 g/mol. The van der Waals surface area contributed by atoms with Gasteiger partial charge >= 0.3 is 0 Å². The van der Waals surface area contributed by atoms with E-state index in [1.807, 2.05) is 0 Å². The quantitative estimate of drug-likeness (QED) is 0.874. The van der Waals surface area contributed by atoms with E-state index in [-0.39, 0.29) is 11.5 Å². The average Bonchev–Trinajstić information content (AvgIpc) is 2.37. The highest BCUT2D eigenvalue weighted by Crippen LogP contribution is 2.33. The molecule has 1 aromatic carbocycles. The lowest BCUT2D eigenvalue weighted by molar-refractivity contribution is 0.119. The summed E-state index contributed by atoms with van der Waals surface area (Å²) in [5.41, 5.74) is 0.244. The molecule has 118 valence electrons. The first kappa shape index (κ1) is 16.9. The number of hydrogen-bond acceptors (Lipinski definition) is 3. The van der Waals surface area contributed by atoms with Gasteiger partial charge in [-0.1, -0.05) is 22.0 Å². The van der Waals surface area contributed by atoms with Crippen LogP contribution in [0.3, 0.4) is 0 Å². The van der Waals surface area contributed by atoms with E-state index in [1.165, 1.54) is 16.6 Å². The van der Waals surface area contributed by atoms with E-state index in [1.54, 1.807) is 12.1 Å². The number of hydrogen-bond donors (Lipinski definition) is 1. The maximum absolute atomic E-state index is 13.8. The van der Waals surface area contributed by atoms with Crippen LogP contribution in [-0.4, -0.2) is 37.2 Å². The van der Waals surface area contributed by atoms with Gasteiger partial charge in [0.15, 0.2) is 0 Å². The summed E-state index contributed by atoms with van der Waals surface area (Å²) in [6.45, 7) is 0.913. The molecule has 0 radical (unpaired) electrons. The molecule has 2 unspecified atom stereocenters. The molecule has 0 saturated carbocycles. The van der Waals surface area contributed by atoms with Crippen LogP contribution < -0.4 is 0 Å². The average molecular weight is 380 g/mol. The second kappa shape index (κ2) is 6.73. The summed E-state index contributed by atoms with van der Waals surface area (Å²) in [5, 5.41) is 10.3. The zero-order valence-corrected chi connectivity index (χ0v) is 14.2. The Labute approximate surface area is 133 Å². The van der Waals surface area contributed by atoms with Crippen LogP contribution >= 0.6 is 15.9 Å². The van der Waals surface area contributed by atoms with Crippen LogP contribution in [0.5, 0.6) is 0 Å². The van der Waals surface area contributed by atoms with Crippen molar-refractivity contribution in [2.75, 3.05) is 19.3 Å². The number of halogens is 2. The lowest BCUT2D eigenvalue weighted by Crippen LogP contribution is -2.39. The molecule has 2 rings (SSSR count). The highest BCUT2D eigenvalue weighted by Gasteiger charge is 2.28. The topological polar surface area (TPSA) is 57.6 Å². The molecule has 7 heteroatoms. The molecule has 1 saturated heterocycles. The lowest BCUT2D eigenvalue weighted by Gasteiger charge is -2.32. The van der Waals surface area contributed by atoms with Gasteiger partial charge in [0.1, 0.15) is 5.82 Å². The second-order valence-electron chi connectivity index (χ2n) is 5.52. The van der Waals surface area contributed by atoms with Crippen molar-refractivity contribution < 1.29 is 17.9 Å². The summed E-state index contributed by atoms with van der Waals surface area (Å²) in [6, 6.07) is 4.57. The van der Waals surface area contributed by atoms with Crippen LogP contribution in [0.4, 0.5) is 4.39 Å². The number of aliphatic hydroxyl groups excluding tert-OH is 1. The summed E-state index contributed by atoms with van der Waals surface area (Å²) in [6.07, 6.45) is 2.22. The standard InChI is InChI=1S/C14H19BrFNO3S/c1-21(19,20)17-7-3-4-10(9-17)8-13(18)14-11(15)5-2-6-12(14)16/h2,5-6,10,13,18H,3-4,7-9H2,1H3. The smallest absolute Gasteiger partial charge is 0.211 e. The minimum Gasteiger partial charge on any atom is -0.388 e. The Bertz CT molecular complexity index is 588. The summed E-state index contributed by atoms with van der Waals surface area (Å²) in [4.78, 5) is 0. The van der Waals surface area contributed by atoms with E-state index in [4.69, 9.17) is 0 Å². The van der Waals surface area contributed by atoms with Crippen molar-refractivity contribution in [3.63, 3.8) is 0 Å². The first-order valence-corrected chi connectivity index (χ1v) is 9.50. The fourth-order valence-corrected chi connectivity index (χ4v) is 4.33. The molecule has 1 aromatic rings. The summed E-state index contributed by atoms with van der Waals surface area (Å²) >= 11 is 3.25. The Balaban J connectivity index is 2.07. The first-order valence-electron chi connectivity index (χ1n) is 6.86. The predicted molar refractivity (Wildman–Crippen MR) is 82.8 cm³/mol. The Morgan fingerprint density at radius 3 is 2.86 bits per heavy atom. The van der Waals surface area contributed by atoms with Crippen molar-refractivity contribution in [2.45, 2.75) is 25.4 Å². The fourth-order valence-electron chi connectivity index (χ4n) is 2.78. The van der Waals surface area contributed by atoms with Crippen LogP contribution in [0.1, 0.15) is 30.9 Å². The number of aliphatic hydroxyl groups is 1. The zero-order chi connectivity index (χ0) is 15.6. The van der Waals surface area contributed by atoms with Crippen LogP contribution in [0, 0.1) is 11.7 Å². The van der Waals surface area contributed by atoms with Crippen molar-refractivity contribution in [2.24, 2.45) is 5.92 Å². The SMILES string of the molecule is CS(=O)(=O)N1CCCC(CC(O)c2c(F)cccc2Br)C1. The number of benzene rings is 1. The van der Waals surface area contributed by atoms with Gasteiger partial charge in [-0.05, 0) is 37.3 Å². The van der Waals surface area contributed by atoms with Gasteiger partial charge in [-0.15, -0.1) is 0 Å².